The summed E-state index contributed by atoms with van der Waals surface area (Å²) >= 11 is 12.5. The van der Waals surface area contributed by atoms with Gasteiger partial charge in [0.2, 0.25) is 0 Å². The molecule has 0 unspecified atom stereocenters. The molecule has 0 fully saturated rings. The highest BCUT2D eigenvalue weighted by molar-refractivity contribution is 6.31. The zero-order valence-electron chi connectivity index (χ0n) is 17.7. The third kappa shape index (κ3) is 7.20. The van der Waals surface area contributed by atoms with E-state index in [4.69, 9.17) is 32.7 Å². The monoisotopic (exact) mass is 423 g/mol. The molecule has 0 radical (unpaired) electrons. The number of nitrogens with one attached hydrogen (secondary N) is 1. The Bertz CT molecular complexity index is 780. The molecule has 2 aromatic rings. The molecule has 3 nitrogen and oxygen atoms in total. The SMILES string of the molecule is COc1cc(CNC(C)(C)CC(C)(C)C)c(Cl)cc1OCc1ccc(Cl)cc1. The molecule has 0 aliphatic rings. The lowest BCUT2D eigenvalue weighted by Crippen LogP contribution is -2.41. The second-order valence-corrected chi connectivity index (χ2v) is 9.83. The van der Waals surface area contributed by atoms with Crippen molar-refractivity contribution < 1.29 is 9.47 Å². The Morgan fingerprint density at radius 1 is 0.929 bits per heavy atom. The van der Waals surface area contributed by atoms with Crippen LogP contribution in [0.25, 0.3) is 0 Å². The lowest BCUT2D eigenvalue weighted by Gasteiger charge is -2.33. The van der Waals surface area contributed by atoms with Gasteiger partial charge in [0.1, 0.15) is 6.61 Å². The summed E-state index contributed by atoms with van der Waals surface area (Å²) in [5.41, 5.74) is 2.26. The van der Waals surface area contributed by atoms with Crippen LogP contribution in [0, 0.1) is 5.41 Å². The number of ether oxygens (including phenoxy) is 2. The standard InChI is InChI=1S/C23H31Cl2NO2/c1-22(2,3)15-23(4,5)26-13-17-11-20(27-6)21(12-19(17)25)28-14-16-7-9-18(24)10-8-16/h7-12,26H,13-15H2,1-6H3. The minimum absolute atomic E-state index is 0.00142. The van der Waals surface area contributed by atoms with Crippen LogP contribution in [0.3, 0.4) is 0 Å². The molecule has 0 bridgehead atoms. The van der Waals surface area contributed by atoms with Crippen molar-refractivity contribution in [3.8, 4) is 11.5 Å². The van der Waals surface area contributed by atoms with Crippen molar-refractivity contribution in [2.75, 3.05) is 7.11 Å². The molecule has 0 saturated heterocycles. The Morgan fingerprint density at radius 2 is 1.57 bits per heavy atom. The molecule has 5 heteroatoms. The van der Waals surface area contributed by atoms with E-state index >= 15 is 0 Å². The van der Waals surface area contributed by atoms with Crippen LogP contribution < -0.4 is 14.8 Å². The molecule has 1 N–H and O–H groups in total. The fourth-order valence-electron chi connectivity index (χ4n) is 3.45. The van der Waals surface area contributed by atoms with Crippen LogP contribution in [-0.4, -0.2) is 12.6 Å². The summed E-state index contributed by atoms with van der Waals surface area (Å²) in [6.07, 6.45) is 1.05. The molecular formula is C23H31Cl2NO2. The van der Waals surface area contributed by atoms with Crippen molar-refractivity contribution in [3.63, 3.8) is 0 Å². The minimum atomic E-state index is -0.00142. The van der Waals surface area contributed by atoms with Crippen molar-refractivity contribution in [2.45, 2.75) is 59.7 Å². The van der Waals surface area contributed by atoms with Crippen LogP contribution in [0.1, 0.15) is 52.2 Å². The van der Waals surface area contributed by atoms with Gasteiger partial charge in [-0.3, -0.25) is 0 Å². The highest BCUT2D eigenvalue weighted by Gasteiger charge is 2.25. The van der Waals surface area contributed by atoms with E-state index < -0.39 is 0 Å². The molecule has 154 valence electrons. The Balaban J connectivity index is 2.08. The van der Waals surface area contributed by atoms with E-state index in [1.165, 1.54) is 0 Å². The van der Waals surface area contributed by atoms with Crippen LogP contribution in [-0.2, 0) is 13.2 Å². The molecule has 0 aliphatic heterocycles. The molecule has 2 aromatic carbocycles. The van der Waals surface area contributed by atoms with E-state index in [-0.39, 0.29) is 11.0 Å². The summed E-state index contributed by atoms with van der Waals surface area (Å²) in [6, 6.07) is 11.3. The van der Waals surface area contributed by atoms with E-state index in [1.807, 2.05) is 36.4 Å². The summed E-state index contributed by atoms with van der Waals surface area (Å²) in [7, 11) is 1.64. The van der Waals surface area contributed by atoms with Gasteiger partial charge in [-0.15, -0.1) is 0 Å². The van der Waals surface area contributed by atoms with E-state index in [0.717, 1.165) is 17.5 Å². The third-order valence-electron chi connectivity index (χ3n) is 4.37. The zero-order valence-corrected chi connectivity index (χ0v) is 19.2. The van der Waals surface area contributed by atoms with Crippen molar-refractivity contribution in [1.29, 1.82) is 0 Å². The smallest absolute Gasteiger partial charge is 0.163 e. The lowest BCUT2D eigenvalue weighted by molar-refractivity contribution is 0.240. The first-order valence-electron chi connectivity index (χ1n) is 9.48. The van der Waals surface area contributed by atoms with Crippen LogP contribution in [0.5, 0.6) is 11.5 Å². The molecule has 0 heterocycles. The van der Waals surface area contributed by atoms with Gasteiger partial charge in [-0.25, -0.2) is 0 Å². The molecule has 0 saturated carbocycles. The van der Waals surface area contributed by atoms with Crippen molar-refractivity contribution in [1.82, 2.24) is 5.32 Å². The first-order chi connectivity index (χ1) is 13.0. The topological polar surface area (TPSA) is 30.5 Å². The van der Waals surface area contributed by atoms with Gasteiger partial charge in [0.25, 0.3) is 0 Å². The number of rotatable bonds is 8. The van der Waals surface area contributed by atoms with Gasteiger partial charge in [-0.05, 0) is 55.0 Å². The van der Waals surface area contributed by atoms with E-state index in [0.29, 0.717) is 34.7 Å². The number of methoxy groups -OCH3 is 1. The molecule has 2 rings (SSSR count). The van der Waals surface area contributed by atoms with E-state index in [2.05, 4.69) is 39.9 Å². The molecular weight excluding hydrogens is 393 g/mol. The summed E-state index contributed by atoms with van der Waals surface area (Å²) in [5, 5.41) is 4.98. The molecule has 0 amide bonds. The molecule has 0 spiro atoms. The largest absolute Gasteiger partial charge is 0.493 e. The van der Waals surface area contributed by atoms with E-state index in [9.17, 15) is 0 Å². The summed E-state index contributed by atoms with van der Waals surface area (Å²) in [4.78, 5) is 0. The van der Waals surface area contributed by atoms with Gasteiger partial charge in [0.05, 0.1) is 7.11 Å². The maximum Gasteiger partial charge on any atom is 0.163 e. The number of hydrogen-bond acceptors (Lipinski definition) is 3. The minimum Gasteiger partial charge on any atom is -0.493 e. The fraction of sp³-hybridized carbons (Fsp3) is 0.478. The van der Waals surface area contributed by atoms with Crippen molar-refractivity contribution >= 4 is 23.2 Å². The number of benzene rings is 2. The molecule has 0 aromatic heterocycles. The number of hydrogen-bond donors (Lipinski definition) is 1. The first-order valence-corrected chi connectivity index (χ1v) is 10.2. The van der Waals surface area contributed by atoms with Crippen LogP contribution in [0.4, 0.5) is 0 Å². The first kappa shape index (κ1) is 22.9. The van der Waals surface area contributed by atoms with Crippen molar-refractivity contribution in [3.05, 3.63) is 57.6 Å². The van der Waals surface area contributed by atoms with Gasteiger partial charge in [0.15, 0.2) is 11.5 Å². The summed E-state index contributed by atoms with van der Waals surface area (Å²) in [6.45, 7) is 12.3. The van der Waals surface area contributed by atoms with E-state index in [1.54, 1.807) is 7.11 Å². The molecule has 0 aliphatic carbocycles. The quantitative estimate of drug-likeness (QED) is 0.501. The second-order valence-electron chi connectivity index (χ2n) is 8.98. The predicted octanol–water partition coefficient (Wildman–Crippen LogP) is 6.89. The van der Waals surface area contributed by atoms with Gasteiger partial charge in [-0.2, -0.15) is 0 Å². The number of halogens is 2. The summed E-state index contributed by atoms with van der Waals surface area (Å²) < 4.78 is 11.5. The van der Waals surface area contributed by atoms with Gasteiger partial charge >= 0.3 is 0 Å². The fourth-order valence-corrected chi connectivity index (χ4v) is 3.80. The second kappa shape index (κ2) is 9.39. The average Bonchev–Trinajstić information content (AvgIpc) is 2.58. The third-order valence-corrected chi connectivity index (χ3v) is 4.97. The van der Waals surface area contributed by atoms with Gasteiger partial charge in [0, 0.05) is 28.2 Å². The average molecular weight is 424 g/mol. The maximum atomic E-state index is 6.53. The Kier molecular flexibility index (Phi) is 7.66. The Hall–Kier alpha value is -1.42. The van der Waals surface area contributed by atoms with Crippen LogP contribution in [0.2, 0.25) is 10.0 Å². The Morgan fingerprint density at radius 3 is 2.14 bits per heavy atom. The highest BCUT2D eigenvalue weighted by Crippen LogP contribution is 2.35. The molecule has 0 atom stereocenters. The predicted molar refractivity (Wildman–Crippen MR) is 119 cm³/mol. The molecule has 28 heavy (non-hydrogen) atoms. The van der Waals surface area contributed by atoms with Gasteiger partial charge in [-0.1, -0.05) is 56.1 Å². The normalized spacial score (nSPS) is 12.1. The van der Waals surface area contributed by atoms with Crippen LogP contribution >= 0.6 is 23.2 Å². The van der Waals surface area contributed by atoms with Gasteiger partial charge < -0.3 is 14.8 Å². The lowest BCUT2D eigenvalue weighted by atomic mass is 9.82. The summed E-state index contributed by atoms with van der Waals surface area (Å²) in [5.74, 6) is 1.30. The van der Waals surface area contributed by atoms with Crippen molar-refractivity contribution in [2.24, 2.45) is 5.41 Å². The highest BCUT2D eigenvalue weighted by atomic mass is 35.5. The maximum absolute atomic E-state index is 6.53. The van der Waals surface area contributed by atoms with Crippen LogP contribution in [0.15, 0.2) is 36.4 Å². The Labute approximate surface area is 179 Å². The zero-order chi connectivity index (χ0) is 20.9.